The molecule has 0 aromatic carbocycles. The van der Waals surface area contributed by atoms with E-state index in [0.717, 1.165) is 17.1 Å². The molecule has 1 rings (SSSR count). The number of rotatable bonds is 4. The van der Waals surface area contributed by atoms with Gasteiger partial charge in [-0.3, -0.25) is 0 Å². The number of hydrogen-bond acceptors (Lipinski definition) is 4. The lowest BCUT2D eigenvalue weighted by molar-refractivity contribution is 0.196. The van der Waals surface area contributed by atoms with Gasteiger partial charge in [-0.25, -0.2) is 9.97 Å². The van der Waals surface area contributed by atoms with Crippen molar-refractivity contribution in [2.24, 2.45) is 0 Å². The van der Waals surface area contributed by atoms with Crippen LogP contribution in [0.2, 0.25) is 0 Å². The van der Waals surface area contributed by atoms with Crippen LogP contribution in [0.5, 0.6) is 0 Å². The SMILES string of the molecule is CCc1cc(SC(C)C(C)O)ncn1. The Hall–Kier alpha value is -0.610. The first-order valence-corrected chi connectivity index (χ1v) is 5.67. The van der Waals surface area contributed by atoms with Crippen LogP contribution in [0.3, 0.4) is 0 Å². The van der Waals surface area contributed by atoms with Crippen molar-refractivity contribution in [1.29, 1.82) is 0 Å². The largest absolute Gasteiger partial charge is 0.392 e. The van der Waals surface area contributed by atoms with Crippen molar-refractivity contribution < 1.29 is 5.11 Å². The number of aryl methyl sites for hydroxylation is 1. The summed E-state index contributed by atoms with van der Waals surface area (Å²) in [5.74, 6) is 0. The van der Waals surface area contributed by atoms with E-state index in [-0.39, 0.29) is 11.4 Å². The Morgan fingerprint density at radius 3 is 2.71 bits per heavy atom. The van der Waals surface area contributed by atoms with Crippen LogP contribution in [0.25, 0.3) is 0 Å². The molecule has 2 atom stereocenters. The van der Waals surface area contributed by atoms with Gasteiger partial charge in [0, 0.05) is 10.9 Å². The standard InChI is InChI=1S/C10H16N2OS/c1-4-9-5-10(12-6-11-9)14-8(3)7(2)13/h5-8,13H,4H2,1-3H3. The fourth-order valence-corrected chi connectivity index (χ4v) is 1.81. The molecule has 0 saturated carbocycles. The maximum Gasteiger partial charge on any atom is 0.116 e. The zero-order valence-electron chi connectivity index (χ0n) is 8.77. The fourth-order valence-electron chi connectivity index (χ4n) is 0.924. The normalized spacial score (nSPS) is 15.1. The second-order valence-corrected chi connectivity index (χ2v) is 4.66. The van der Waals surface area contributed by atoms with E-state index in [2.05, 4.69) is 16.9 Å². The summed E-state index contributed by atoms with van der Waals surface area (Å²) < 4.78 is 0. The van der Waals surface area contributed by atoms with Crippen molar-refractivity contribution in [3.8, 4) is 0 Å². The van der Waals surface area contributed by atoms with Gasteiger partial charge in [-0.05, 0) is 19.4 Å². The van der Waals surface area contributed by atoms with E-state index < -0.39 is 0 Å². The van der Waals surface area contributed by atoms with Crippen LogP contribution >= 0.6 is 11.8 Å². The molecule has 0 saturated heterocycles. The monoisotopic (exact) mass is 212 g/mol. The highest BCUT2D eigenvalue weighted by molar-refractivity contribution is 7.99. The zero-order valence-corrected chi connectivity index (χ0v) is 9.58. The number of aromatic nitrogens is 2. The van der Waals surface area contributed by atoms with Gasteiger partial charge in [-0.2, -0.15) is 0 Å². The second kappa shape index (κ2) is 5.32. The van der Waals surface area contributed by atoms with Crippen LogP contribution in [0.4, 0.5) is 0 Å². The smallest absolute Gasteiger partial charge is 0.116 e. The Morgan fingerprint density at radius 1 is 1.43 bits per heavy atom. The van der Waals surface area contributed by atoms with Gasteiger partial charge < -0.3 is 5.11 Å². The van der Waals surface area contributed by atoms with E-state index in [9.17, 15) is 5.11 Å². The average Bonchev–Trinajstić information content (AvgIpc) is 2.18. The van der Waals surface area contributed by atoms with Gasteiger partial charge in [0.1, 0.15) is 6.33 Å². The molecule has 2 unspecified atom stereocenters. The van der Waals surface area contributed by atoms with Crippen LogP contribution in [-0.2, 0) is 6.42 Å². The molecule has 0 aliphatic heterocycles. The summed E-state index contributed by atoms with van der Waals surface area (Å²) in [6.07, 6.45) is 2.18. The van der Waals surface area contributed by atoms with Crippen molar-refractivity contribution in [1.82, 2.24) is 9.97 Å². The summed E-state index contributed by atoms with van der Waals surface area (Å²) >= 11 is 1.58. The highest BCUT2D eigenvalue weighted by atomic mass is 32.2. The summed E-state index contributed by atoms with van der Waals surface area (Å²) in [6, 6.07) is 1.98. The van der Waals surface area contributed by atoms with E-state index in [1.807, 2.05) is 13.0 Å². The molecule has 78 valence electrons. The average molecular weight is 212 g/mol. The number of thioether (sulfide) groups is 1. The van der Waals surface area contributed by atoms with E-state index in [0.29, 0.717) is 0 Å². The van der Waals surface area contributed by atoms with E-state index in [1.54, 1.807) is 25.0 Å². The van der Waals surface area contributed by atoms with Gasteiger partial charge >= 0.3 is 0 Å². The molecule has 0 aliphatic rings. The first kappa shape index (κ1) is 11.5. The summed E-state index contributed by atoms with van der Waals surface area (Å²) in [5.41, 5.74) is 1.04. The van der Waals surface area contributed by atoms with E-state index in [4.69, 9.17) is 0 Å². The predicted molar refractivity (Wildman–Crippen MR) is 58.4 cm³/mol. The van der Waals surface area contributed by atoms with Crippen molar-refractivity contribution in [3.05, 3.63) is 18.1 Å². The van der Waals surface area contributed by atoms with Crippen molar-refractivity contribution in [3.63, 3.8) is 0 Å². The highest BCUT2D eigenvalue weighted by Gasteiger charge is 2.11. The van der Waals surface area contributed by atoms with Crippen LogP contribution in [-0.4, -0.2) is 26.4 Å². The zero-order chi connectivity index (χ0) is 10.6. The van der Waals surface area contributed by atoms with Gasteiger partial charge in [-0.1, -0.05) is 13.8 Å². The lowest BCUT2D eigenvalue weighted by Gasteiger charge is -2.13. The molecule has 0 amide bonds. The van der Waals surface area contributed by atoms with Gasteiger partial charge in [0.15, 0.2) is 0 Å². The third kappa shape index (κ3) is 3.27. The lowest BCUT2D eigenvalue weighted by Crippen LogP contribution is -2.15. The van der Waals surface area contributed by atoms with Crippen LogP contribution in [0.15, 0.2) is 17.4 Å². The molecule has 1 aromatic heterocycles. The first-order valence-electron chi connectivity index (χ1n) is 4.79. The van der Waals surface area contributed by atoms with Gasteiger partial charge in [0.05, 0.1) is 11.1 Å². The Balaban J connectivity index is 2.66. The van der Waals surface area contributed by atoms with Crippen molar-refractivity contribution >= 4 is 11.8 Å². The highest BCUT2D eigenvalue weighted by Crippen LogP contribution is 2.23. The molecule has 0 aliphatic carbocycles. The summed E-state index contributed by atoms with van der Waals surface area (Å²) in [6.45, 7) is 5.84. The van der Waals surface area contributed by atoms with Crippen LogP contribution < -0.4 is 0 Å². The minimum Gasteiger partial charge on any atom is -0.392 e. The molecular weight excluding hydrogens is 196 g/mol. The Labute approximate surface area is 89.0 Å². The van der Waals surface area contributed by atoms with E-state index >= 15 is 0 Å². The molecule has 1 heterocycles. The minimum absolute atomic E-state index is 0.162. The van der Waals surface area contributed by atoms with Gasteiger partial charge in [0.2, 0.25) is 0 Å². The predicted octanol–water partition coefficient (Wildman–Crippen LogP) is 1.90. The fraction of sp³-hybridized carbons (Fsp3) is 0.600. The third-order valence-electron chi connectivity index (χ3n) is 2.05. The molecular formula is C10H16N2OS. The molecule has 1 aromatic rings. The number of aliphatic hydroxyl groups is 1. The van der Waals surface area contributed by atoms with Gasteiger partial charge in [-0.15, -0.1) is 11.8 Å². The molecule has 1 N–H and O–H groups in total. The van der Waals surface area contributed by atoms with Gasteiger partial charge in [0.25, 0.3) is 0 Å². The molecule has 4 heteroatoms. The molecule has 0 spiro atoms. The lowest BCUT2D eigenvalue weighted by atomic mass is 10.3. The van der Waals surface area contributed by atoms with E-state index in [1.165, 1.54) is 0 Å². The first-order chi connectivity index (χ1) is 6.63. The molecule has 3 nitrogen and oxygen atoms in total. The maximum absolute atomic E-state index is 9.34. The molecule has 14 heavy (non-hydrogen) atoms. The number of nitrogens with zero attached hydrogens (tertiary/aromatic N) is 2. The molecule has 0 bridgehead atoms. The second-order valence-electron chi connectivity index (χ2n) is 3.26. The van der Waals surface area contributed by atoms with Crippen molar-refractivity contribution in [2.45, 2.75) is 43.6 Å². The van der Waals surface area contributed by atoms with Crippen LogP contribution in [0, 0.1) is 0 Å². The minimum atomic E-state index is -0.319. The number of aliphatic hydroxyl groups excluding tert-OH is 1. The maximum atomic E-state index is 9.34. The quantitative estimate of drug-likeness (QED) is 0.611. The van der Waals surface area contributed by atoms with Crippen LogP contribution in [0.1, 0.15) is 26.5 Å². The molecule has 0 fully saturated rings. The molecule has 0 radical (unpaired) electrons. The Morgan fingerprint density at radius 2 is 2.14 bits per heavy atom. The van der Waals surface area contributed by atoms with Crippen molar-refractivity contribution in [2.75, 3.05) is 0 Å². The summed E-state index contributed by atoms with van der Waals surface area (Å²) in [5, 5.41) is 10.4. The number of hydrogen-bond donors (Lipinski definition) is 1. The summed E-state index contributed by atoms with van der Waals surface area (Å²) in [4.78, 5) is 8.27. The topological polar surface area (TPSA) is 46.0 Å². The third-order valence-corrected chi connectivity index (χ3v) is 3.28. The Bertz CT molecular complexity index is 291. The summed E-state index contributed by atoms with van der Waals surface area (Å²) in [7, 11) is 0. The Kier molecular flexibility index (Phi) is 4.35.